The Morgan fingerprint density at radius 1 is 0.871 bits per heavy atom. The fourth-order valence-electron chi connectivity index (χ4n) is 3.73. The summed E-state index contributed by atoms with van der Waals surface area (Å²) in [6, 6.07) is 19.8. The van der Waals surface area contributed by atoms with Gasteiger partial charge in [0.1, 0.15) is 0 Å². The van der Waals surface area contributed by atoms with Crippen LogP contribution >= 0.6 is 0 Å². The topological polar surface area (TPSA) is 59.0 Å². The Hall–Kier alpha value is -3.86. The van der Waals surface area contributed by atoms with Crippen molar-refractivity contribution in [2.45, 2.75) is 12.3 Å². The average molecular weight is 409 g/mol. The Bertz CT molecular complexity index is 1120. The first-order chi connectivity index (χ1) is 15.1. The van der Waals surface area contributed by atoms with Gasteiger partial charge in [-0.15, -0.1) is 0 Å². The Morgan fingerprint density at radius 3 is 2.16 bits per heavy atom. The van der Waals surface area contributed by atoms with E-state index in [1.807, 2.05) is 54.9 Å². The van der Waals surface area contributed by atoms with Crippen LogP contribution in [-0.4, -0.2) is 39.9 Å². The maximum Gasteiger partial charge on any atom is 0.253 e. The number of amides is 1. The van der Waals surface area contributed by atoms with Crippen LogP contribution in [0.15, 0.2) is 91.6 Å². The predicted octanol–water partition coefficient (Wildman–Crippen LogP) is 4.62. The monoisotopic (exact) mass is 408 g/mol. The van der Waals surface area contributed by atoms with E-state index in [-0.39, 0.29) is 11.8 Å². The zero-order chi connectivity index (χ0) is 21.6. The van der Waals surface area contributed by atoms with Gasteiger partial charge in [0, 0.05) is 62.1 Å². The molecule has 0 aliphatic heterocycles. The molecule has 5 nitrogen and oxygen atoms in total. The number of carbonyl (C=O) groups is 1. The minimum absolute atomic E-state index is 0.0251. The molecule has 1 aromatic carbocycles. The number of nitrogens with zero attached hydrogens (tertiary/aromatic N) is 4. The molecule has 0 radical (unpaired) electrons. The van der Waals surface area contributed by atoms with Crippen molar-refractivity contribution in [3.05, 3.63) is 114 Å². The van der Waals surface area contributed by atoms with Gasteiger partial charge in [0.05, 0.1) is 5.69 Å². The molecule has 3 aromatic heterocycles. The second-order valence-corrected chi connectivity index (χ2v) is 7.62. The van der Waals surface area contributed by atoms with Gasteiger partial charge < -0.3 is 4.90 Å². The molecule has 0 fully saturated rings. The standard InChI is InChI=1S/C26H24N4O/c1-30(2)26(31)21-8-3-7-19(15-21)25-20(9-6-14-29-25)16-24(22-10-4-12-27-17-22)23-11-5-13-28-18-23/h3-15,17-18,24H,16H2,1-2H3. The molecule has 0 aliphatic carbocycles. The SMILES string of the molecule is CN(C)C(=O)c1cccc(-c2ncccc2CC(c2cccnc2)c2cccnc2)c1. The first-order valence-corrected chi connectivity index (χ1v) is 10.2. The van der Waals surface area contributed by atoms with Crippen LogP contribution < -0.4 is 0 Å². The van der Waals surface area contributed by atoms with Crippen molar-refractivity contribution in [1.29, 1.82) is 0 Å². The summed E-state index contributed by atoms with van der Waals surface area (Å²) >= 11 is 0. The highest BCUT2D eigenvalue weighted by molar-refractivity contribution is 5.95. The van der Waals surface area contributed by atoms with Gasteiger partial charge in [0.25, 0.3) is 5.91 Å². The van der Waals surface area contributed by atoms with Crippen molar-refractivity contribution in [2.75, 3.05) is 14.1 Å². The highest BCUT2D eigenvalue weighted by Crippen LogP contribution is 2.31. The van der Waals surface area contributed by atoms with E-state index in [0.29, 0.717) is 5.56 Å². The first-order valence-electron chi connectivity index (χ1n) is 10.2. The Morgan fingerprint density at radius 2 is 1.55 bits per heavy atom. The largest absolute Gasteiger partial charge is 0.345 e. The second-order valence-electron chi connectivity index (χ2n) is 7.62. The third kappa shape index (κ3) is 4.67. The lowest BCUT2D eigenvalue weighted by atomic mass is 9.86. The van der Waals surface area contributed by atoms with Gasteiger partial charge in [0.2, 0.25) is 0 Å². The van der Waals surface area contributed by atoms with E-state index >= 15 is 0 Å². The molecule has 0 atom stereocenters. The third-order valence-corrected chi connectivity index (χ3v) is 5.28. The number of hydrogen-bond donors (Lipinski definition) is 0. The molecule has 1 amide bonds. The number of pyridine rings is 3. The van der Waals surface area contributed by atoms with Crippen molar-refractivity contribution < 1.29 is 4.79 Å². The Labute approximate surface area is 182 Å². The normalized spacial score (nSPS) is 10.8. The lowest BCUT2D eigenvalue weighted by molar-refractivity contribution is 0.0827. The molecule has 0 bridgehead atoms. The number of rotatable bonds is 6. The molecule has 4 aromatic rings. The molecule has 0 N–H and O–H groups in total. The molecule has 0 saturated carbocycles. The number of aromatic nitrogens is 3. The third-order valence-electron chi connectivity index (χ3n) is 5.28. The van der Waals surface area contributed by atoms with Crippen LogP contribution in [0, 0.1) is 0 Å². The summed E-state index contributed by atoms with van der Waals surface area (Å²) in [5.41, 5.74) is 5.82. The maximum absolute atomic E-state index is 12.5. The van der Waals surface area contributed by atoms with E-state index in [4.69, 9.17) is 0 Å². The van der Waals surface area contributed by atoms with Crippen LogP contribution in [0.1, 0.15) is 33.0 Å². The molecule has 0 spiro atoms. The zero-order valence-electron chi connectivity index (χ0n) is 17.6. The predicted molar refractivity (Wildman–Crippen MR) is 122 cm³/mol. The second kappa shape index (κ2) is 9.30. The summed E-state index contributed by atoms with van der Waals surface area (Å²) in [5.74, 6) is 0.0693. The van der Waals surface area contributed by atoms with Gasteiger partial charge in [0.15, 0.2) is 0 Å². The van der Waals surface area contributed by atoms with E-state index in [2.05, 4.69) is 33.2 Å². The van der Waals surface area contributed by atoms with Gasteiger partial charge >= 0.3 is 0 Å². The van der Waals surface area contributed by atoms with Gasteiger partial charge in [-0.1, -0.05) is 30.3 Å². The van der Waals surface area contributed by atoms with E-state index in [1.165, 1.54) is 0 Å². The molecular weight excluding hydrogens is 384 g/mol. The van der Waals surface area contributed by atoms with Gasteiger partial charge in [-0.2, -0.15) is 0 Å². The molecule has 0 unspecified atom stereocenters. The lowest BCUT2D eigenvalue weighted by Crippen LogP contribution is -2.21. The number of benzene rings is 1. The van der Waals surface area contributed by atoms with Crippen LogP contribution in [0.5, 0.6) is 0 Å². The van der Waals surface area contributed by atoms with E-state index in [1.54, 1.807) is 37.6 Å². The summed E-state index contributed by atoms with van der Waals surface area (Å²) in [5, 5.41) is 0. The fraction of sp³-hybridized carbons (Fsp3) is 0.154. The van der Waals surface area contributed by atoms with Crippen LogP contribution in [0.2, 0.25) is 0 Å². The fourth-order valence-corrected chi connectivity index (χ4v) is 3.73. The Kier molecular flexibility index (Phi) is 6.13. The zero-order valence-corrected chi connectivity index (χ0v) is 17.6. The highest BCUT2D eigenvalue weighted by Gasteiger charge is 2.19. The smallest absolute Gasteiger partial charge is 0.253 e. The summed E-state index contributed by atoms with van der Waals surface area (Å²) in [6.07, 6.45) is 9.92. The molecule has 0 aliphatic rings. The van der Waals surface area contributed by atoms with Gasteiger partial charge in [-0.25, -0.2) is 0 Å². The molecule has 31 heavy (non-hydrogen) atoms. The van der Waals surface area contributed by atoms with E-state index in [0.717, 1.165) is 34.4 Å². The Balaban J connectivity index is 1.75. The minimum atomic E-state index is -0.0251. The van der Waals surface area contributed by atoms with Crippen molar-refractivity contribution >= 4 is 5.91 Å². The van der Waals surface area contributed by atoms with Crippen molar-refractivity contribution in [3.63, 3.8) is 0 Å². The quantitative estimate of drug-likeness (QED) is 0.467. The molecule has 0 saturated heterocycles. The van der Waals surface area contributed by atoms with Crippen molar-refractivity contribution in [1.82, 2.24) is 19.9 Å². The van der Waals surface area contributed by atoms with Crippen LogP contribution in [0.25, 0.3) is 11.3 Å². The molecule has 154 valence electrons. The van der Waals surface area contributed by atoms with Crippen LogP contribution in [0.4, 0.5) is 0 Å². The average Bonchev–Trinajstić information content (AvgIpc) is 2.83. The molecule has 5 heteroatoms. The first kappa shape index (κ1) is 20.4. The van der Waals surface area contributed by atoms with Crippen molar-refractivity contribution in [2.24, 2.45) is 0 Å². The summed E-state index contributed by atoms with van der Waals surface area (Å²) < 4.78 is 0. The number of carbonyl (C=O) groups excluding carboxylic acids is 1. The van der Waals surface area contributed by atoms with Gasteiger partial charge in [-0.05, 0) is 53.4 Å². The molecular formula is C26H24N4O. The summed E-state index contributed by atoms with van der Waals surface area (Å²) in [4.78, 5) is 27.4. The highest BCUT2D eigenvalue weighted by atomic mass is 16.2. The van der Waals surface area contributed by atoms with Gasteiger partial charge in [-0.3, -0.25) is 19.7 Å². The molecule has 4 rings (SSSR count). The summed E-state index contributed by atoms with van der Waals surface area (Å²) in [7, 11) is 3.52. The number of hydrogen-bond acceptors (Lipinski definition) is 4. The van der Waals surface area contributed by atoms with E-state index in [9.17, 15) is 4.79 Å². The van der Waals surface area contributed by atoms with Crippen LogP contribution in [0.3, 0.4) is 0 Å². The van der Waals surface area contributed by atoms with E-state index < -0.39 is 0 Å². The van der Waals surface area contributed by atoms with Crippen molar-refractivity contribution in [3.8, 4) is 11.3 Å². The van der Waals surface area contributed by atoms with Crippen LogP contribution in [-0.2, 0) is 6.42 Å². The lowest BCUT2D eigenvalue weighted by Gasteiger charge is -2.19. The summed E-state index contributed by atoms with van der Waals surface area (Å²) in [6.45, 7) is 0. The maximum atomic E-state index is 12.5. The minimum Gasteiger partial charge on any atom is -0.345 e. The molecule has 3 heterocycles.